The quantitative estimate of drug-likeness (QED) is 0.814. The predicted octanol–water partition coefficient (Wildman–Crippen LogP) is 1.42. The SMILES string of the molecule is CC(C)c1nnsc1C(=O)NC1C=CC(C(=O)O)C1. The third kappa shape index (κ3) is 2.98. The molecule has 2 atom stereocenters. The van der Waals surface area contributed by atoms with Crippen molar-refractivity contribution in [2.45, 2.75) is 32.2 Å². The molecule has 0 aromatic carbocycles. The maximum Gasteiger partial charge on any atom is 0.310 e. The van der Waals surface area contributed by atoms with Gasteiger partial charge in [0.1, 0.15) is 4.88 Å². The minimum absolute atomic E-state index is 0.130. The van der Waals surface area contributed by atoms with E-state index in [1.54, 1.807) is 12.2 Å². The maximum absolute atomic E-state index is 12.1. The van der Waals surface area contributed by atoms with E-state index in [-0.39, 0.29) is 17.9 Å². The Hall–Kier alpha value is -1.76. The predicted molar refractivity (Wildman–Crippen MR) is 70.1 cm³/mol. The topological polar surface area (TPSA) is 92.2 Å². The van der Waals surface area contributed by atoms with Crippen molar-refractivity contribution in [3.05, 3.63) is 22.7 Å². The Bertz CT molecular complexity index is 524. The highest BCUT2D eigenvalue weighted by atomic mass is 32.1. The first-order valence-electron chi connectivity index (χ1n) is 6.03. The van der Waals surface area contributed by atoms with E-state index in [0.717, 1.165) is 11.5 Å². The number of rotatable bonds is 4. The lowest BCUT2D eigenvalue weighted by Gasteiger charge is -2.12. The summed E-state index contributed by atoms with van der Waals surface area (Å²) in [5.74, 6) is -1.49. The summed E-state index contributed by atoms with van der Waals surface area (Å²) < 4.78 is 3.80. The number of aromatic nitrogens is 2. The summed E-state index contributed by atoms with van der Waals surface area (Å²) in [6.45, 7) is 3.90. The van der Waals surface area contributed by atoms with Gasteiger partial charge in [0.25, 0.3) is 5.91 Å². The van der Waals surface area contributed by atoms with Crippen LogP contribution in [-0.4, -0.2) is 32.6 Å². The Morgan fingerprint density at radius 3 is 2.79 bits per heavy atom. The number of carbonyl (C=O) groups is 2. The smallest absolute Gasteiger partial charge is 0.310 e. The number of hydrogen-bond acceptors (Lipinski definition) is 5. The molecule has 6 nitrogen and oxygen atoms in total. The lowest BCUT2D eigenvalue weighted by atomic mass is 10.1. The Balaban J connectivity index is 2.01. The molecule has 7 heteroatoms. The van der Waals surface area contributed by atoms with Gasteiger partial charge in [-0.3, -0.25) is 9.59 Å². The van der Waals surface area contributed by atoms with Crippen LogP contribution in [0.3, 0.4) is 0 Å². The molecule has 1 aliphatic rings. The highest BCUT2D eigenvalue weighted by Gasteiger charge is 2.27. The fourth-order valence-corrected chi connectivity index (χ4v) is 2.68. The Morgan fingerprint density at radius 2 is 2.21 bits per heavy atom. The average molecular weight is 281 g/mol. The van der Waals surface area contributed by atoms with Crippen LogP contribution in [0.5, 0.6) is 0 Å². The molecule has 2 rings (SSSR count). The first kappa shape index (κ1) is 13.7. The van der Waals surface area contributed by atoms with Crippen molar-refractivity contribution >= 4 is 23.4 Å². The number of nitrogens with one attached hydrogen (secondary N) is 1. The summed E-state index contributed by atoms with van der Waals surface area (Å²) in [4.78, 5) is 23.4. The first-order valence-corrected chi connectivity index (χ1v) is 6.80. The van der Waals surface area contributed by atoms with Gasteiger partial charge in [-0.1, -0.05) is 30.5 Å². The third-order valence-electron chi connectivity index (χ3n) is 2.98. The summed E-state index contributed by atoms with van der Waals surface area (Å²) in [5, 5.41) is 15.6. The van der Waals surface area contributed by atoms with E-state index in [1.165, 1.54) is 0 Å². The van der Waals surface area contributed by atoms with Crippen molar-refractivity contribution in [1.29, 1.82) is 0 Å². The first-order chi connectivity index (χ1) is 8.99. The van der Waals surface area contributed by atoms with Crippen LogP contribution in [0.25, 0.3) is 0 Å². The molecule has 2 N–H and O–H groups in total. The number of carboxylic acids is 1. The van der Waals surface area contributed by atoms with E-state index in [9.17, 15) is 9.59 Å². The second-order valence-electron chi connectivity index (χ2n) is 4.79. The molecule has 0 saturated heterocycles. The number of amides is 1. The minimum Gasteiger partial charge on any atom is -0.481 e. The zero-order chi connectivity index (χ0) is 14.0. The Morgan fingerprint density at radius 1 is 1.47 bits per heavy atom. The molecule has 0 bridgehead atoms. The van der Waals surface area contributed by atoms with Gasteiger partial charge in [-0.2, -0.15) is 0 Å². The fraction of sp³-hybridized carbons (Fsp3) is 0.500. The molecule has 0 aliphatic heterocycles. The van der Waals surface area contributed by atoms with Crippen LogP contribution in [0.1, 0.15) is 41.6 Å². The molecule has 0 spiro atoms. The van der Waals surface area contributed by atoms with Crippen LogP contribution in [0.2, 0.25) is 0 Å². The van der Waals surface area contributed by atoms with Gasteiger partial charge >= 0.3 is 5.97 Å². The molecule has 1 aromatic rings. The molecule has 1 aromatic heterocycles. The van der Waals surface area contributed by atoms with Crippen LogP contribution in [-0.2, 0) is 4.79 Å². The summed E-state index contributed by atoms with van der Waals surface area (Å²) in [5.41, 5.74) is 0.680. The van der Waals surface area contributed by atoms with E-state index in [1.807, 2.05) is 13.8 Å². The maximum atomic E-state index is 12.1. The van der Waals surface area contributed by atoms with Crippen molar-refractivity contribution in [3.8, 4) is 0 Å². The molecular weight excluding hydrogens is 266 g/mol. The largest absolute Gasteiger partial charge is 0.481 e. The minimum atomic E-state index is -0.865. The zero-order valence-corrected chi connectivity index (χ0v) is 11.5. The van der Waals surface area contributed by atoms with Gasteiger partial charge in [-0.25, -0.2) is 0 Å². The van der Waals surface area contributed by atoms with E-state index in [0.29, 0.717) is 17.0 Å². The summed E-state index contributed by atoms with van der Waals surface area (Å²) in [6.07, 6.45) is 3.73. The van der Waals surface area contributed by atoms with E-state index in [4.69, 9.17) is 5.11 Å². The van der Waals surface area contributed by atoms with E-state index >= 15 is 0 Å². The van der Waals surface area contributed by atoms with E-state index < -0.39 is 11.9 Å². The second kappa shape index (κ2) is 5.48. The fourth-order valence-electron chi connectivity index (χ4n) is 1.96. The molecule has 0 radical (unpaired) electrons. The number of nitrogens with zero attached hydrogens (tertiary/aromatic N) is 2. The van der Waals surface area contributed by atoms with Crippen molar-refractivity contribution in [2.75, 3.05) is 0 Å². The molecule has 102 valence electrons. The van der Waals surface area contributed by atoms with Crippen molar-refractivity contribution in [2.24, 2.45) is 5.92 Å². The molecule has 0 fully saturated rings. The Labute approximate surface area is 114 Å². The molecule has 0 saturated carbocycles. The van der Waals surface area contributed by atoms with Gasteiger partial charge in [0, 0.05) is 6.04 Å². The summed E-state index contributed by atoms with van der Waals surface area (Å²) >= 11 is 1.06. The normalized spacial score (nSPS) is 21.8. The number of carbonyl (C=O) groups excluding carboxylic acids is 1. The molecule has 1 aliphatic carbocycles. The Kier molecular flexibility index (Phi) is 3.94. The van der Waals surface area contributed by atoms with Gasteiger partial charge in [0.05, 0.1) is 11.6 Å². The summed E-state index contributed by atoms with van der Waals surface area (Å²) in [7, 11) is 0. The van der Waals surface area contributed by atoms with E-state index in [2.05, 4.69) is 14.9 Å². The molecule has 19 heavy (non-hydrogen) atoms. The van der Waals surface area contributed by atoms with Crippen LogP contribution in [0.4, 0.5) is 0 Å². The molecule has 1 amide bonds. The third-order valence-corrected chi connectivity index (χ3v) is 3.72. The standard InChI is InChI=1S/C12H15N3O3S/c1-6(2)9-10(19-15-14-9)11(16)13-8-4-3-7(5-8)12(17)18/h3-4,6-8H,5H2,1-2H3,(H,13,16)(H,17,18). The molecule has 2 unspecified atom stereocenters. The highest BCUT2D eigenvalue weighted by molar-refractivity contribution is 7.08. The summed E-state index contributed by atoms with van der Waals surface area (Å²) in [6, 6.07) is -0.240. The van der Waals surface area contributed by atoms with Gasteiger partial charge in [-0.15, -0.1) is 5.10 Å². The number of carboxylic acid groups (broad SMARTS) is 1. The monoisotopic (exact) mass is 281 g/mol. The lowest BCUT2D eigenvalue weighted by Crippen LogP contribution is -2.33. The lowest BCUT2D eigenvalue weighted by molar-refractivity contribution is -0.140. The van der Waals surface area contributed by atoms with Gasteiger partial charge < -0.3 is 10.4 Å². The van der Waals surface area contributed by atoms with Crippen molar-refractivity contribution in [3.63, 3.8) is 0 Å². The van der Waals surface area contributed by atoms with Crippen LogP contribution in [0.15, 0.2) is 12.2 Å². The van der Waals surface area contributed by atoms with Crippen molar-refractivity contribution in [1.82, 2.24) is 14.9 Å². The van der Waals surface area contributed by atoms with Crippen LogP contribution >= 0.6 is 11.5 Å². The second-order valence-corrected chi connectivity index (χ2v) is 5.54. The van der Waals surface area contributed by atoms with Crippen LogP contribution < -0.4 is 5.32 Å². The average Bonchev–Trinajstić information content (AvgIpc) is 2.96. The van der Waals surface area contributed by atoms with Gasteiger partial charge in [0.15, 0.2) is 0 Å². The zero-order valence-electron chi connectivity index (χ0n) is 10.7. The molecule has 1 heterocycles. The number of hydrogen-bond donors (Lipinski definition) is 2. The highest BCUT2D eigenvalue weighted by Crippen LogP contribution is 2.22. The van der Waals surface area contributed by atoms with Crippen molar-refractivity contribution < 1.29 is 14.7 Å². The van der Waals surface area contributed by atoms with Gasteiger partial charge in [-0.05, 0) is 23.9 Å². The van der Waals surface area contributed by atoms with Crippen LogP contribution in [0, 0.1) is 5.92 Å². The van der Waals surface area contributed by atoms with Gasteiger partial charge in [0.2, 0.25) is 0 Å². The molecular formula is C12H15N3O3S. The number of aliphatic carboxylic acids is 1.